The largest absolute Gasteiger partial charge is 0.493 e. The van der Waals surface area contributed by atoms with Crippen molar-refractivity contribution in [3.8, 4) is 17.2 Å². The maximum Gasteiger partial charge on any atom is 0.276 e. The van der Waals surface area contributed by atoms with E-state index in [1.165, 1.54) is 6.42 Å². The Hall–Kier alpha value is -2.28. The molecule has 140 valence electrons. The highest BCUT2D eigenvalue weighted by atomic mass is 32.1. The molecule has 1 saturated heterocycles. The van der Waals surface area contributed by atoms with E-state index in [4.69, 9.17) is 26.4 Å². The summed E-state index contributed by atoms with van der Waals surface area (Å²) in [6, 6.07) is 3.80. The zero-order chi connectivity index (χ0) is 18.7. The first-order valence-electron chi connectivity index (χ1n) is 8.75. The molecule has 1 amide bonds. The maximum absolute atomic E-state index is 12.9. The minimum Gasteiger partial charge on any atom is -0.493 e. The van der Waals surface area contributed by atoms with Gasteiger partial charge in [0.25, 0.3) is 5.91 Å². The molecule has 1 aromatic rings. The highest BCUT2D eigenvalue weighted by molar-refractivity contribution is 7.80. The van der Waals surface area contributed by atoms with Gasteiger partial charge in [-0.3, -0.25) is 9.69 Å². The van der Waals surface area contributed by atoms with Gasteiger partial charge in [-0.2, -0.15) is 0 Å². The molecule has 6 nitrogen and oxygen atoms in total. The molecule has 0 bridgehead atoms. The lowest BCUT2D eigenvalue weighted by molar-refractivity contribution is -0.124. The Balaban J connectivity index is 1.90. The number of nitrogens with one attached hydrogen (secondary N) is 1. The van der Waals surface area contributed by atoms with Crippen LogP contribution in [0.4, 0.5) is 0 Å². The van der Waals surface area contributed by atoms with Crippen LogP contribution < -0.4 is 19.5 Å². The summed E-state index contributed by atoms with van der Waals surface area (Å²) >= 11 is 5.41. The topological polar surface area (TPSA) is 60.0 Å². The lowest BCUT2D eigenvalue weighted by atomic mass is 9.94. The van der Waals surface area contributed by atoms with Crippen molar-refractivity contribution in [2.75, 3.05) is 21.3 Å². The minimum absolute atomic E-state index is 0.0735. The van der Waals surface area contributed by atoms with Crippen molar-refractivity contribution in [1.29, 1.82) is 0 Å². The smallest absolute Gasteiger partial charge is 0.276 e. The number of rotatable bonds is 5. The fraction of sp³-hybridized carbons (Fsp3) is 0.474. The van der Waals surface area contributed by atoms with Crippen LogP contribution in [0.1, 0.15) is 37.7 Å². The summed E-state index contributed by atoms with van der Waals surface area (Å²) in [4.78, 5) is 14.6. The molecule has 1 saturated carbocycles. The van der Waals surface area contributed by atoms with E-state index in [0.29, 0.717) is 28.1 Å². The number of hydrogen-bond donors (Lipinski definition) is 1. The van der Waals surface area contributed by atoms with Gasteiger partial charge in [0.2, 0.25) is 5.75 Å². The SMILES string of the molecule is COc1cc(C=C2NC(=S)N(C3CCCCC3)C2=O)cc(OC)c1OC. The average Bonchev–Trinajstić information content (AvgIpc) is 2.94. The van der Waals surface area contributed by atoms with E-state index in [0.717, 1.165) is 31.2 Å². The van der Waals surface area contributed by atoms with Crippen molar-refractivity contribution in [1.82, 2.24) is 10.2 Å². The van der Waals surface area contributed by atoms with Crippen molar-refractivity contribution >= 4 is 29.3 Å². The lowest BCUT2D eigenvalue weighted by Crippen LogP contribution is -2.41. The standard InChI is InChI=1S/C19H24N2O4S/c1-23-15-10-12(11-16(24-2)17(15)25-3)9-14-18(22)21(19(26)20-14)13-7-5-4-6-8-13/h9-11,13H,4-8H2,1-3H3,(H,20,26). The highest BCUT2D eigenvalue weighted by Crippen LogP contribution is 2.39. The van der Waals surface area contributed by atoms with Gasteiger partial charge in [-0.05, 0) is 48.8 Å². The predicted molar refractivity (Wildman–Crippen MR) is 104 cm³/mol. The van der Waals surface area contributed by atoms with E-state index >= 15 is 0 Å². The molecule has 0 aromatic heterocycles. The lowest BCUT2D eigenvalue weighted by Gasteiger charge is -2.29. The van der Waals surface area contributed by atoms with Crippen molar-refractivity contribution in [3.63, 3.8) is 0 Å². The first-order valence-corrected chi connectivity index (χ1v) is 9.16. The molecule has 0 radical (unpaired) electrons. The van der Waals surface area contributed by atoms with Gasteiger partial charge in [0.05, 0.1) is 21.3 Å². The van der Waals surface area contributed by atoms with Gasteiger partial charge in [-0.15, -0.1) is 0 Å². The van der Waals surface area contributed by atoms with Crippen molar-refractivity contribution in [2.24, 2.45) is 0 Å². The van der Waals surface area contributed by atoms with Gasteiger partial charge in [-0.1, -0.05) is 19.3 Å². The van der Waals surface area contributed by atoms with E-state index in [2.05, 4.69) is 5.32 Å². The van der Waals surface area contributed by atoms with E-state index in [1.807, 2.05) is 0 Å². The van der Waals surface area contributed by atoms with Gasteiger partial charge in [0.1, 0.15) is 5.70 Å². The fourth-order valence-corrected chi connectivity index (χ4v) is 3.91. The van der Waals surface area contributed by atoms with Gasteiger partial charge < -0.3 is 19.5 Å². The molecule has 1 aliphatic carbocycles. The molecular weight excluding hydrogens is 352 g/mol. The highest BCUT2D eigenvalue weighted by Gasteiger charge is 2.36. The number of benzene rings is 1. The van der Waals surface area contributed by atoms with Crippen LogP contribution in [0.15, 0.2) is 17.8 Å². The minimum atomic E-state index is -0.0735. The second-order valence-corrected chi connectivity index (χ2v) is 6.80. The molecule has 1 N–H and O–H groups in total. The summed E-state index contributed by atoms with van der Waals surface area (Å²) < 4.78 is 16.1. The van der Waals surface area contributed by atoms with Crippen LogP contribution in [0.2, 0.25) is 0 Å². The Labute approximate surface area is 159 Å². The summed E-state index contributed by atoms with van der Waals surface area (Å²) in [5, 5.41) is 3.55. The molecule has 0 atom stereocenters. The van der Waals surface area contributed by atoms with Gasteiger partial charge >= 0.3 is 0 Å². The molecule has 1 aliphatic heterocycles. The Morgan fingerprint density at radius 3 is 2.23 bits per heavy atom. The Morgan fingerprint density at radius 2 is 1.69 bits per heavy atom. The number of amides is 1. The number of ether oxygens (including phenoxy) is 3. The molecule has 3 rings (SSSR count). The molecule has 7 heteroatoms. The Bertz CT molecular complexity index is 716. The van der Waals surface area contributed by atoms with Crippen molar-refractivity contribution < 1.29 is 19.0 Å². The third-order valence-corrected chi connectivity index (χ3v) is 5.15. The zero-order valence-electron chi connectivity index (χ0n) is 15.3. The zero-order valence-corrected chi connectivity index (χ0v) is 16.1. The molecule has 0 spiro atoms. The summed E-state index contributed by atoms with van der Waals surface area (Å²) in [6.07, 6.45) is 7.29. The maximum atomic E-state index is 12.9. The first kappa shape index (κ1) is 18.5. The number of thiocarbonyl (C=S) groups is 1. The summed E-state index contributed by atoms with van der Waals surface area (Å²) in [5.41, 5.74) is 1.23. The number of hydrogen-bond acceptors (Lipinski definition) is 5. The van der Waals surface area contributed by atoms with Crippen LogP contribution >= 0.6 is 12.2 Å². The Kier molecular flexibility index (Phi) is 5.66. The Morgan fingerprint density at radius 1 is 1.08 bits per heavy atom. The van der Waals surface area contributed by atoms with Crippen LogP contribution in [0.25, 0.3) is 6.08 Å². The number of nitrogens with zero attached hydrogens (tertiary/aromatic N) is 1. The van der Waals surface area contributed by atoms with E-state index in [1.54, 1.807) is 44.4 Å². The quantitative estimate of drug-likeness (QED) is 0.629. The summed E-state index contributed by atoms with van der Waals surface area (Å²) in [7, 11) is 4.68. The third kappa shape index (κ3) is 3.49. The van der Waals surface area contributed by atoms with E-state index in [9.17, 15) is 4.79 Å². The second-order valence-electron chi connectivity index (χ2n) is 6.41. The molecule has 0 unspecified atom stereocenters. The second kappa shape index (κ2) is 7.95. The fourth-order valence-electron chi connectivity index (χ4n) is 3.57. The number of carbonyl (C=O) groups is 1. The van der Waals surface area contributed by atoms with Gasteiger partial charge in [0, 0.05) is 6.04 Å². The van der Waals surface area contributed by atoms with Crippen LogP contribution in [-0.4, -0.2) is 43.3 Å². The van der Waals surface area contributed by atoms with Gasteiger partial charge in [-0.25, -0.2) is 0 Å². The van der Waals surface area contributed by atoms with E-state index in [-0.39, 0.29) is 11.9 Å². The number of methoxy groups -OCH3 is 3. The molecule has 1 heterocycles. The first-order chi connectivity index (χ1) is 12.6. The van der Waals surface area contributed by atoms with E-state index < -0.39 is 0 Å². The molecule has 2 fully saturated rings. The average molecular weight is 376 g/mol. The monoisotopic (exact) mass is 376 g/mol. The molecule has 1 aromatic carbocycles. The van der Waals surface area contributed by atoms with Crippen LogP contribution in [0.5, 0.6) is 17.2 Å². The summed E-state index contributed by atoms with van der Waals surface area (Å²) in [6.45, 7) is 0. The summed E-state index contributed by atoms with van der Waals surface area (Å²) in [5.74, 6) is 1.52. The third-order valence-electron chi connectivity index (χ3n) is 4.85. The molecular formula is C19H24N2O4S. The molecule has 26 heavy (non-hydrogen) atoms. The predicted octanol–water partition coefficient (Wildman–Crippen LogP) is 3.10. The van der Waals surface area contributed by atoms with Crippen molar-refractivity contribution in [3.05, 3.63) is 23.4 Å². The number of carbonyl (C=O) groups excluding carboxylic acids is 1. The van der Waals surface area contributed by atoms with Crippen LogP contribution in [-0.2, 0) is 4.79 Å². The van der Waals surface area contributed by atoms with Gasteiger partial charge in [0.15, 0.2) is 16.6 Å². The van der Waals surface area contributed by atoms with Crippen molar-refractivity contribution in [2.45, 2.75) is 38.1 Å². The molecule has 2 aliphatic rings. The van der Waals surface area contributed by atoms with Crippen LogP contribution in [0, 0.1) is 0 Å². The van der Waals surface area contributed by atoms with Crippen LogP contribution in [0.3, 0.4) is 0 Å². The normalized spacial score (nSPS) is 19.7.